The Morgan fingerprint density at radius 1 is 1.20 bits per heavy atom. The number of rotatable bonds is 3. The quantitative estimate of drug-likeness (QED) is 0.917. The number of carbonyl (C=O) groups is 1. The number of aliphatic hydroxyl groups excluding tert-OH is 1. The van der Waals surface area contributed by atoms with Gasteiger partial charge in [-0.1, -0.05) is 0 Å². The molecule has 5 nitrogen and oxygen atoms in total. The number of anilines is 2. The standard InChI is InChI=1S/C14H18N2O3S/c17-10-13-9-16(14(18)19-13)12-3-1-11(2-4-12)15-5-7-20-8-6-15/h1-4,13,17H,5-10H2. The van der Waals surface area contributed by atoms with E-state index in [1.165, 1.54) is 17.2 Å². The van der Waals surface area contributed by atoms with Gasteiger partial charge in [-0.2, -0.15) is 11.8 Å². The van der Waals surface area contributed by atoms with Crippen LogP contribution in [0.1, 0.15) is 0 Å². The SMILES string of the molecule is O=C1OC(CO)CN1c1ccc(N2CCSCC2)cc1. The molecule has 0 bridgehead atoms. The monoisotopic (exact) mass is 294 g/mol. The number of nitrogens with zero attached hydrogens (tertiary/aromatic N) is 2. The molecule has 20 heavy (non-hydrogen) atoms. The molecule has 0 saturated carbocycles. The van der Waals surface area contributed by atoms with Crippen LogP contribution in [-0.4, -0.2) is 55.1 Å². The van der Waals surface area contributed by atoms with Crippen LogP contribution in [-0.2, 0) is 4.74 Å². The third kappa shape index (κ3) is 2.71. The van der Waals surface area contributed by atoms with E-state index in [0.717, 1.165) is 18.8 Å². The zero-order chi connectivity index (χ0) is 13.9. The predicted octanol–water partition coefficient (Wildman–Crippen LogP) is 1.56. The van der Waals surface area contributed by atoms with E-state index in [4.69, 9.17) is 9.84 Å². The largest absolute Gasteiger partial charge is 0.441 e. The minimum Gasteiger partial charge on any atom is -0.441 e. The molecule has 0 aliphatic carbocycles. The molecule has 0 aromatic heterocycles. The molecule has 2 aliphatic rings. The Morgan fingerprint density at radius 3 is 2.45 bits per heavy atom. The topological polar surface area (TPSA) is 53.0 Å². The summed E-state index contributed by atoms with van der Waals surface area (Å²) >= 11 is 1.99. The Morgan fingerprint density at radius 2 is 1.85 bits per heavy atom. The van der Waals surface area contributed by atoms with E-state index in [-0.39, 0.29) is 12.7 Å². The Labute approximate surface area is 122 Å². The molecule has 3 rings (SSSR count). The molecule has 2 heterocycles. The molecule has 108 valence electrons. The van der Waals surface area contributed by atoms with Gasteiger partial charge < -0.3 is 14.7 Å². The summed E-state index contributed by atoms with van der Waals surface area (Å²) in [5.41, 5.74) is 2.02. The minimum atomic E-state index is -0.415. The van der Waals surface area contributed by atoms with Gasteiger partial charge in [0, 0.05) is 36.0 Å². The van der Waals surface area contributed by atoms with E-state index < -0.39 is 6.10 Å². The van der Waals surface area contributed by atoms with Gasteiger partial charge in [0.1, 0.15) is 6.10 Å². The number of carbonyl (C=O) groups excluding carboxylic acids is 1. The van der Waals surface area contributed by atoms with Crippen LogP contribution < -0.4 is 9.80 Å². The van der Waals surface area contributed by atoms with Gasteiger partial charge in [0.2, 0.25) is 0 Å². The molecule has 0 spiro atoms. The summed E-state index contributed by atoms with van der Waals surface area (Å²) in [4.78, 5) is 15.6. The zero-order valence-electron chi connectivity index (χ0n) is 11.2. The van der Waals surface area contributed by atoms with Crippen molar-refractivity contribution in [3.63, 3.8) is 0 Å². The van der Waals surface area contributed by atoms with Crippen molar-refractivity contribution in [1.82, 2.24) is 0 Å². The molecule has 2 aliphatic heterocycles. The minimum absolute atomic E-state index is 0.133. The average molecular weight is 294 g/mol. The van der Waals surface area contributed by atoms with E-state index in [9.17, 15) is 4.79 Å². The fraction of sp³-hybridized carbons (Fsp3) is 0.500. The van der Waals surface area contributed by atoms with Gasteiger partial charge in [0.15, 0.2) is 0 Å². The zero-order valence-corrected chi connectivity index (χ0v) is 12.0. The van der Waals surface area contributed by atoms with E-state index in [0.29, 0.717) is 6.54 Å². The van der Waals surface area contributed by atoms with Crippen LogP contribution in [0.3, 0.4) is 0 Å². The lowest BCUT2D eigenvalue weighted by atomic mass is 10.2. The Balaban J connectivity index is 1.71. The van der Waals surface area contributed by atoms with Crippen LogP contribution in [0, 0.1) is 0 Å². The van der Waals surface area contributed by atoms with Crippen molar-refractivity contribution < 1.29 is 14.6 Å². The number of hydrogen-bond donors (Lipinski definition) is 1. The third-order valence-electron chi connectivity index (χ3n) is 3.62. The number of aliphatic hydroxyl groups is 1. The van der Waals surface area contributed by atoms with Crippen molar-refractivity contribution in [3.8, 4) is 0 Å². The number of ether oxygens (including phenoxy) is 1. The summed E-state index contributed by atoms with van der Waals surface area (Å²) in [7, 11) is 0. The molecule has 1 aromatic carbocycles. The second-order valence-electron chi connectivity index (χ2n) is 4.91. The number of thioether (sulfide) groups is 1. The van der Waals surface area contributed by atoms with Gasteiger partial charge in [0.05, 0.1) is 13.2 Å². The number of cyclic esters (lactones) is 1. The molecule has 1 unspecified atom stereocenters. The van der Waals surface area contributed by atoms with Gasteiger partial charge in [-0.3, -0.25) is 4.90 Å². The Kier molecular flexibility index (Phi) is 4.03. The van der Waals surface area contributed by atoms with E-state index in [1.807, 2.05) is 36.0 Å². The highest BCUT2D eigenvalue weighted by Gasteiger charge is 2.31. The van der Waals surface area contributed by atoms with Crippen LogP contribution in [0.4, 0.5) is 16.2 Å². The van der Waals surface area contributed by atoms with Crippen molar-refractivity contribution in [3.05, 3.63) is 24.3 Å². The van der Waals surface area contributed by atoms with Gasteiger partial charge in [-0.15, -0.1) is 0 Å². The maximum atomic E-state index is 11.7. The van der Waals surface area contributed by atoms with Gasteiger partial charge in [-0.05, 0) is 24.3 Å². The normalized spacial score (nSPS) is 23.1. The molecule has 0 radical (unpaired) electrons. The third-order valence-corrected chi connectivity index (χ3v) is 4.56. The van der Waals surface area contributed by atoms with Gasteiger partial charge in [-0.25, -0.2) is 4.79 Å². The lowest BCUT2D eigenvalue weighted by Crippen LogP contribution is -2.32. The van der Waals surface area contributed by atoms with Gasteiger partial charge >= 0.3 is 6.09 Å². The number of benzene rings is 1. The molecule has 1 atom stereocenters. The lowest BCUT2D eigenvalue weighted by Gasteiger charge is -2.28. The molecular weight excluding hydrogens is 276 g/mol. The Hall–Kier alpha value is -1.40. The molecule has 1 amide bonds. The van der Waals surface area contributed by atoms with Crippen LogP contribution in [0.5, 0.6) is 0 Å². The average Bonchev–Trinajstić information content (AvgIpc) is 2.89. The maximum Gasteiger partial charge on any atom is 0.414 e. The van der Waals surface area contributed by atoms with Crippen molar-refractivity contribution >= 4 is 29.2 Å². The van der Waals surface area contributed by atoms with Crippen LogP contribution in [0.2, 0.25) is 0 Å². The first kappa shape index (κ1) is 13.6. The highest BCUT2D eigenvalue weighted by Crippen LogP contribution is 2.26. The predicted molar refractivity (Wildman–Crippen MR) is 80.7 cm³/mol. The van der Waals surface area contributed by atoms with E-state index in [2.05, 4.69) is 4.90 Å². The highest BCUT2D eigenvalue weighted by molar-refractivity contribution is 7.99. The van der Waals surface area contributed by atoms with E-state index in [1.54, 1.807) is 4.90 Å². The molecule has 2 fully saturated rings. The number of amides is 1. The van der Waals surface area contributed by atoms with Gasteiger partial charge in [0.25, 0.3) is 0 Å². The van der Waals surface area contributed by atoms with Crippen LogP contribution in [0.15, 0.2) is 24.3 Å². The fourth-order valence-electron chi connectivity index (χ4n) is 2.49. The summed E-state index contributed by atoms with van der Waals surface area (Å²) in [6.45, 7) is 2.42. The second-order valence-corrected chi connectivity index (χ2v) is 6.14. The highest BCUT2D eigenvalue weighted by atomic mass is 32.2. The molecule has 6 heteroatoms. The summed E-state index contributed by atoms with van der Waals surface area (Å²) in [6.07, 6.45) is -0.799. The molecule has 2 saturated heterocycles. The van der Waals surface area contributed by atoms with Crippen LogP contribution >= 0.6 is 11.8 Å². The number of hydrogen-bond acceptors (Lipinski definition) is 5. The summed E-state index contributed by atoms with van der Waals surface area (Å²) < 4.78 is 5.05. The summed E-state index contributed by atoms with van der Waals surface area (Å²) in [5.74, 6) is 2.33. The van der Waals surface area contributed by atoms with E-state index >= 15 is 0 Å². The maximum absolute atomic E-state index is 11.7. The first-order valence-corrected chi connectivity index (χ1v) is 7.95. The fourth-order valence-corrected chi connectivity index (χ4v) is 3.40. The summed E-state index contributed by atoms with van der Waals surface area (Å²) in [5, 5.41) is 9.05. The second kappa shape index (κ2) is 5.93. The first-order valence-electron chi connectivity index (χ1n) is 6.79. The van der Waals surface area contributed by atoms with Crippen molar-refractivity contribution in [1.29, 1.82) is 0 Å². The summed E-state index contributed by atoms with van der Waals surface area (Å²) in [6, 6.07) is 7.98. The molecule has 1 N–H and O–H groups in total. The molecular formula is C14H18N2O3S. The molecule has 1 aromatic rings. The van der Waals surface area contributed by atoms with Crippen molar-refractivity contribution in [2.45, 2.75) is 6.10 Å². The van der Waals surface area contributed by atoms with Crippen molar-refractivity contribution in [2.24, 2.45) is 0 Å². The Bertz CT molecular complexity index is 474. The first-order chi connectivity index (χ1) is 9.78. The van der Waals surface area contributed by atoms with Crippen molar-refractivity contribution in [2.75, 3.05) is 47.5 Å². The lowest BCUT2D eigenvalue weighted by molar-refractivity contribution is 0.0963. The smallest absolute Gasteiger partial charge is 0.414 e. The van der Waals surface area contributed by atoms with Crippen LogP contribution in [0.25, 0.3) is 0 Å².